The van der Waals surface area contributed by atoms with Crippen LogP contribution in [0.1, 0.15) is 25.3 Å². The average Bonchev–Trinajstić information content (AvgIpc) is 3.14. The van der Waals surface area contributed by atoms with Crippen molar-refractivity contribution >= 4 is 0 Å². The second-order valence-electron chi connectivity index (χ2n) is 6.96. The Balaban J connectivity index is 1.88. The first-order chi connectivity index (χ1) is 13.1. The monoisotopic (exact) mass is 354 g/mol. The van der Waals surface area contributed by atoms with E-state index in [1.165, 1.54) is 5.56 Å². The van der Waals surface area contributed by atoms with Crippen LogP contribution in [0.4, 0.5) is 0 Å². The van der Waals surface area contributed by atoms with Crippen LogP contribution in [0.3, 0.4) is 0 Å². The summed E-state index contributed by atoms with van der Waals surface area (Å²) in [6.45, 7) is 4.38. The Kier molecular flexibility index (Phi) is 4.51. The summed E-state index contributed by atoms with van der Waals surface area (Å²) >= 11 is 0. The van der Waals surface area contributed by atoms with E-state index in [2.05, 4.69) is 50.2 Å². The molecular formula is C24H22N2O. The molecule has 0 atom stereocenters. The Morgan fingerprint density at radius 1 is 0.815 bits per heavy atom. The number of rotatable bonds is 4. The van der Waals surface area contributed by atoms with E-state index in [0.717, 1.165) is 28.2 Å². The molecule has 0 aliphatic rings. The second-order valence-corrected chi connectivity index (χ2v) is 6.96. The molecule has 3 aromatic carbocycles. The Bertz CT molecular complexity index is 1050. The molecule has 0 radical (unpaired) electrons. The van der Waals surface area contributed by atoms with Gasteiger partial charge < -0.3 is 5.11 Å². The molecule has 27 heavy (non-hydrogen) atoms. The number of nitrogens with zero attached hydrogens (tertiary/aromatic N) is 2. The summed E-state index contributed by atoms with van der Waals surface area (Å²) in [5.41, 5.74) is 5.85. The van der Waals surface area contributed by atoms with Crippen LogP contribution in [0.2, 0.25) is 0 Å². The Hall–Kier alpha value is -3.33. The minimum absolute atomic E-state index is 0.233. The van der Waals surface area contributed by atoms with Gasteiger partial charge in [-0.25, -0.2) is 4.68 Å². The normalized spacial score (nSPS) is 11.1. The lowest BCUT2D eigenvalue weighted by Gasteiger charge is -2.10. The topological polar surface area (TPSA) is 38.0 Å². The van der Waals surface area contributed by atoms with E-state index < -0.39 is 0 Å². The lowest BCUT2D eigenvalue weighted by Crippen LogP contribution is -2.00. The minimum Gasteiger partial charge on any atom is -0.507 e. The van der Waals surface area contributed by atoms with Gasteiger partial charge in [0.1, 0.15) is 5.75 Å². The van der Waals surface area contributed by atoms with Gasteiger partial charge in [-0.15, -0.1) is 0 Å². The van der Waals surface area contributed by atoms with E-state index in [0.29, 0.717) is 5.92 Å². The lowest BCUT2D eigenvalue weighted by molar-refractivity contribution is 0.477. The number of hydrogen-bond acceptors (Lipinski definition) is 2. The van der Waals surface area contributed by atoms with Gasteiger partial charge in [-0.3, -0.25) is 0 Å². The first-order valence-corrected chi connectivity index (χ1v) is 9.17. The molecule has 134 valence electrons. The van der Waals surface area contributed by atoms with Gasteiger partial charge in [0.05, 0.1) is 17.1 Å². The SMILES string of the molecule is CC(C)c1ccc(-n2nc(-c3ccccc3O)cc2-c2ccccc2)cc1. The Morgan fingerprint density at radius 3 is 2.15 bits per heavy atom. The van der Waals surface area contributed by atoms with Crippen LogP contribution in [-0.4, -0.2) is 14.9 Å². The van der Waals surface area contributed by atoms with Crippen LogP contribution in [0.5, 0.6) is 5.75 Å². The molecule has 1 heterocycles. The molecule has 4 rings (SSSR count). The van der Waals surface area contributed by atoms with Crippen LogP contribution < -0.4 is 0 Å². The summed E-state index contributed by atoms with van der Waals surface area (Å²) in [4.78, 5) is 0. The maximum Gasteiger partial charge on any atom is 0.125 e. The highest BCUT2D eigenvalue weighted by Crippen LogP contribution is 2.33. The number of phenols is 1. The first-order valence-electron chi connectivity index (χ1n) is 9.17. The number of phenolic OH excluding ortho intramolecular Hbond substituents is 1. The zero-order chi connectivity index (χ0) is 18.8. The molecule has 0 aliphatic carbocycles. The fraction of sp³-hybridized carbons (Fsp3) is 0.125. The van der Waals surface area contributed by atoms with E-state index in [4.69, 9.17) is 5.10 Å². The van der Waals surface area contributed by atoms with Crippen molar-refractivity contribution in [1.82, 2.24) is 9.78 Å². The molecular weight excluding hydrogens is 332 g/mol. The van der Waals surface area contributed by atoms with Gasteiger partial charge in [0.2, 0.25) is 0 Å². The predicted molar refractivity (Wildman–Crippen MR) is 110 cm³/mol. The molecule has 1 aromatic heterocycles. The summed E-state index contributed by atoms with van der Waals surface area (Å²) in [7, 11) is 0. The van der Waals surface area contributed by atoms with Gasteiger partial charge in [0.25, 0.3) is 0 Å². The van der Waals surface area contributed by atoms with Crippen molar-refractivity contribution in [2.45, 2.75) is 19.8 Å². The van der Waals surface area contributed by atoms with Gasteiger partial charge in [0, 0.05) is 11.1 Å². The standard InChI is InChI=1S/C24H22N2O/c1-17(2)18-12-14-20(15-13-18)26-23(19-8-4-3-5-9-19)16-22(25-26)21-10-6-7-11-24(21)27/h3-17,27H,1-2H3. The smallest absolute Gasteiger partial charge is 0.125 e. The molecule has 3 heteroatoms. The molecule has 0 spiro atoms. The Labute approximate surface area is 159 Å². The number of hydrogen-bond donors (Lipinski definition) is 1. The zero-order valence-electron chi connectivity index (χ0n) is 15.5. The minimum atomic E-state index is 0.233. The van der Waals surface area contributed by atoms with Crippen molar-refractivity contribution in [3.05, 3.63) is 90.5 Å². The molecule has 4 aromatic rings. The van der Waals surface area contributed by atoms with E-state index in [9.17, 15) is 5.11 Å². The Morgan fingerprint density at radius 2 is 1.48 bits per heavy atom. The zero-order valence-corrected chi connectivity index (χ0v) is 15.5. The molecule has 0 aliphatic heterocycles. The molecule has 0 unspecified atom stereocenters. The maximum absolute atomic E-state index is 10.3. The van der Waals surface area contributed by atoms with Gasteiger partial charge in [0.15, 0.2) is 0 Å². The number of benzene rings is 3. The van der Waals surface area contributed by atoms with Crippen molar-refractivity contribution in [2.75, 3.05) is 0 Å². The lowest BCUT2D eigenvalue weighted by atomic mass is 10.0. The summed E-state index contributed by atoms with van der Waals surface area (Å²) in [5.74, 6) is 0.721. The van der Waals surface area contributed by atoms with Crippen molar-refractivity contribution in [3.63, 3.8) is 0 Å². The van der Waals surface area contributed by atoms with Crippen LogP contribution in [0.25, 0.3) is 28.2 Å². The highest BCUT2D eigenvalue weighted by atomic mass is 16.3. The van der Waals surface area contributed by atoms with Crippen LogP contribution in [0, 0.1) is 0 Å². The fourth-order valence-electron chi connectivity index (χ4n) is 3.21. The third-order valence-electron chi connectivity index (χ3n) is 4.76. The third kappa shape index (κ3) is 3.36. The van der Waals surface area contributed by atoms with Gasteiger partial charge in [-0.2, -0.15) is 5.10 Å². The molecule has 0 saturated carbocycles. The van der Waals surface area contributed by atoms with Crippen LogP contribution in [0.15, 0.2) is 84.9 Å². The summed E-state index contributed by atoms with van der Waals surface area (Å²) in [6.07, 6.45) is 0. The fourth-order valence-corrected chi connectivity index (χ4v) is 3.21. The summed E-state index contributed by atoms with van der Waals surface area (Å²) in [5, 5.41) is 15.1. The molecule has 0 bridgehead atoms. The highest BCUT2D eigenvalue weighted by molar-refractivity contribution is 5.73. The number of para-hydroxylation sites is 1. The van der Waals surface area contributed by atoms with E-state index in [1.54, 1.807) is 6.07 Å². The largest absolute Gasteiger partial charge is 0.507 e. The predicted octanol–water partition coefficient (Wildman–Crippen LogP) is 6.04. The molecule has 0 fully saturated rings. The summed E-state index contributed by atoms with van der Waals surface area (Å²) in [6, 6.07) is 28.0. The second kappa shape index (κ2) is 7.12. The molecule has 0 amide bonds. The highest BCUT2D eigenvalue weighted by Gasteiger charge is 2.15. The van der Waals surface area contributed by atoms with Crippen LogP contribution >= 0.6 is 0 Å². The molecule has 3 nitrogen and oxygen atoms in total. The van der Waals surface area contributed by atoms with E-state index in [-0.39, 0.29) is 5.75 Å². The van der Waals surface area contributed by atoms with Crippen molar-refractivity contribution in [1.29, 1.82) is 0 Å². The van der Waals surface area contributed by atoms with Gasteiger partial charge in [-0.05, 0) is 41.8 Å². The molecule has 0 saturated heterocycles. The maximum atomic E-state index is 10.3. The molecule has 1 N–H and O–H groups in total. The average molecular weight is 354 g/mol. The van der Waals surface area contributed by atoms with E-state index >= 15 is 0 Å². The first kappa shape index (κ1) is 17.1. The number of aromatic hydroxyl groups is 1. The van der Waals surface area contributed by atoms with Gasteiger partial charge >= 0.3 is 0 Å². The van der Waals surface area contributed by atoms with Gasteiger partial charge in [-0.1, -0.05) is 68.4 Å². The van der Waals surface area contributed by atoms with Crippen LogP contribution in [-0.2, 0) is 0 Å². The van der Waals surface area contributed by atoms with Crippen molar-refractivity contribution in [2.24, 2.45) is 0 Å². The third-order valence-corrected chi connectivity index (χ3v) is 4.76. The van der Waals surface area contributed by atoms with E-state index in [1.807, 2.05) is 47.1 Å². The number of aromatic nitrogens is 2. The summed E-state index contributed by atoms with van der Waals surface area (Å²) < 4.78 is 1.95. The quantitative estimate of drug-likeness (QED) is 0.485. The van der Waals surface area contributed by atoms with Crippen molar-refractivity contribution in [3.8, 4) is 34.0 Å². The van der Waals surface area contributed by atoms with Crippen molar-refractivity contribution < 1.29 is 5.11 Å².